The van der Waals surface area contributed by atoms with Gasteiger partial charge in [-0.25, -0.2) is 0 Å². The normalized spacial score (nSPS) is 10.0. The number of hydrogen-bond acceptors (Lipinski definition) is 2. The lowest BCUT2D eigenvalue weighted by molar-refractivity contribution is -0.116. The number of hydrogen-bond donors (Lipinski definition) is 1. The van der Waals surface area contributed by atoms with E-state index in [1.165, 1.54) is 11.1 Å². The quantitative estimate of drug-likeness (QED) is 0.878. The fraction of sp³-hybridized carbons (Fsp3) is 0.263. The molecule has 0 radical (unpaired) electrons. The zero-order valence-electron chi connectivity index (χ0n) is 12.8. The number of nitrogens with one attached hydrogen (secondary N) is 1. The van der Waals surface area contributed by atoms with Crippen LogP contribution in [0.15, 0.2) is 48.5 Å². The molecule has 2 rings (SSSR count). The molecule has 2 aromatic carbocycles. The van der Waals surface area contributed by atoms with E-state index >= 15 is 0 Å². The van der Waals surface area contributed by atoms with Gasteiger partial charge in [0.25, 0.3) is 0 Å². The summed E-state index contributed by atoms with van der Waals surface area (Å²) in [6.07, 6.45) is 2.62. The van der Waals surface area contributed by atoms with E-state index < -0.39 is 0 Å². The molecule has 0 aromatic heterocycles. The molecule has 0 aliphatic rings. The van der Waals surface area contributed by atoms with Crippen LogP contribution in [0.25, 0.3) is 0 Å². The van der Waals surface area contributed by atoms with Gasteiger partial charge in [0.05, 0.1) is 12.5 Å². The molecule has 0 unspecified atom stereocenters. The Morgan fingerprint density at radius 3 is 2.18 bits per heavy atom. The Balaban J connectivity index is 1.83. The van der Waals surface area contributed by atoms with Crippen LogP contribution in [0.3, 0.4) is 0 Å². The van der Waals surface area contributed by atoms with Crippen LogP contribution in [0.4, 0.5) is 5.69 Å². The minimum absolute atomic E-state index is 0.00704. The molecule has 0 aliphatic heterocycles. The van der Waals surface area contributed by atoms with Crippen LogP contribution in [0.1, 0.15) is 30.0 Å². The van der Waals surface area contributed by atoms with Gasteiger partial charge < -0.3 is 5.32 Å². The van der Waals surface area contributed by atoms with E-state index in [0.717, 1.165) is 24.1 Å². The van der Waals surface area contributed by atoms with Gasteiger partial charge in [-0.15, -0.1) is 0 Å². The summed E-state index contributed by atoms with van der Waals surface area (Å²) in [5, 5.41) is 11.5. The molecule has 0 fully saturated rings. The zero-order valence-corrected chi connectivity index (χ0v) is 12.8. The minimum atomic E-state index is 0.00704. The summed E-state index contributed by atoms with van der Waals surface area (Å²) in [5.41, 5.74) is 4.21. The summed E-state index contributed by atoms with van der Waals surface area (Å²) in [4.78, 5) is 12.0. The van der Waals surface area contributed by atoms with Crippen molar-refractivity contribution in [2.24, 2.45) is 0 Å². The maximum absolute atomic E-state index is 12.0. The zero-order chi connectivity index (χ0) is 15.8. The maximum Gasteiger partial charge on any atom is 0.224 e. The molecule has 22 heavy (non-hydrogen) atoms. The molecular formula is C19H20N2O. The first-order valence-corrected chi connectivity index (χ1v) is 7.55. The van der Waals surface area contributed by atoms with E-state index in [4.69, 9.17) is 5.26 Å². The Bertz CT molecular complexity index is 651. The van der Waals surface area contributed by atoms with Gasteiger partial charge in [0.15, 0.2) is 0 Å². The van der Waals surface area contributed by atoms with E-state index in [9.17, 15) is 4.79 Å². The molecule has 2 aromatic rings. The third-order valence-electron chi connectivity index (χ3n) is 3.59. The number of amides is 1. The highest BCUT2D eigenvalue weighted by Gasteiger charge is 2.03. The predicted molar refractivity (Wildman–Crippen MR) is 88.5 cm³/mol. The minimum Gasteiger partial charge on any atom is -0.326 e. The van der Waals surface area contributed by atoms with Crippen molar-refractivity contribution in [2.45, 2.75) is 32.6 Å². The lowest BCUT2D eigenvalue weighted by atomic mass is 10.1. The van der Waals surface area contributed by atoms with Crippen LogP contribution in [-0.4, -0.2) is 5.91 Å². The third kappa shape index (κ3) is 4.75. The highest BCUT2D eigenvalue weighted by molar-refractivity contribution is 5.90. The molecule has 1 amide bonds. The van der Waals surface area contributed by atoms with Gasteiger partial charge in [0.1, 0.15) is 0 Å². The van der Waals surface area contributed by atoms with Crippen LogP contribution in [0.5, 0.6) is 0 Å². The van der Waals surface area contributed by atoms with Crippen molar-refractivity contribution in [3.63, 3.8) is 0 Å². The van der Waals surface area contributed by atoms with Crippen LogP contribution >= 0.6 is 0 Å². The molecule has 0 heterocycles. The SMILES string of the molecule is CCc1ccc(CCC(=O)Nc2ccc(CC#N)cc2)cc1. The first-order chi connectivity index (χ1) is 10.7. The highest BCUT2D eigenvalue weighted by atomic mass is 16.1. The van der Waals surface area contributed by atoms with Crippen molar-refractivity contribution in [2.75, 3.05) is 5.32 Å². The number of carbonyl (C=O) groups excluding carboxylic acids is 1. The third-order valence-corrected chi connectivity index (χ3v) is 3.59. The molecular weight excluding hydrogens is 272 g/mol. The van der Waals surface area contributed by atoms with Gasteiger partial charge in [-0.1, -0.05) is 43.3 Å². The molecule has 0 saturated carbocycles. The van der Waals surface area contributed by atoms with Gasteiger partial charge in [-0.2, -0.15) is 5.26 Å². The fourth-order valence-corrected chi connectivity index (χ4v) is 2.22. The summed E-state index contributed by atoms with van der Waals surface area (Å²) in [7, 11) is 0. The Hall–Kier alpha value is -2.60. The van der Waals surface area contributed by atoms with Crippen molar-refractivity contribution >= 4 is 11.6 Å². The smallest absolute Gasteiger partial charge is 0.224 e. The van der Waals surface area contributed by atoms with Crippen LogP contribution in [0, 0.1) is 11.3 Å². The van der Waals surface area contributed by atoms with E-state index in [1.807, 2.05) is 24.3 Å². The van der Waals surface area contributed by atoms with E-state index in [-0.39, 0.29) is 5.91 Å². The van der Waals surface area contributed by atoms with E-state index in [1.54, 1.807) is 0 Å². The summed E-state index contributed by atoms with van der Waals surface area (Å²) >= 11 is 0. The molecule has 3 nitrogen and oxygen atoms in total. The first kappa shape index (κ1) is 15.8. The molecule has 112 valence electrons. The molecule has 1 N–H and O–H groups in total. The van der Waals surface area contributed by atoms with Crippen molar-refractivity contribution in [1.82, 2.24) is 0 Å². The second-order valence-corrected chi connectivity index (χ2v) is 5.25. The molecule has 0 aliphatic carbocycles. The highest BCUT2D eigenvalue weighted by Crippen LogP contribution is 2.12. The summed E-state index contributed by atoms with van der Waals surface area (Å²) in [5.74, 6) is 0.00704. The van der Waals surface area contributed by atoms with Crippen molar-refractivity contribution < 1.29 is 4.79 Å². The molecule has 0 spiro atoms. The monoisotopic (exact) mass is 292 g/mol. The van der Waals surface area contributed by atoms with Gasteiger partial charge >= 0.3 is 0 Å². The van der Waals surface area contributed by atoms with E-state index in [2.05, 4.69) is 42.6 Å². The number of nitrogens with zero attached hydrogens (tertiary/aromatic N) is 1. The molecule has 0 atom stereocenters. The van der Waals surface area contributed by atoms with Gasteiger partial charge in [-0.3, -0.25) is 4.79 Å². The van der Waals surface area contributed by atoms with Crippen LogP contribution in [0.2, 0.25) is 0 Å². The predicted octanol–water partition coefficient (Wildman–Crippen LogP) is 3.89. The topological polar surface area (TPSA) is 52.9 Å². The number of benzene rings is 2. The van der Waals surface area contributed by atoms with Gasteiger partial charge in [-0.05, 0) is 41.7 Å². The van der Waals surface area contributed by atoms with Crippen LogP contribution in [-0.2, 0) is 24.1 Å². The summed E-state index contributed by atoms with van der Waals surface area (Å²) in [6.45, 7) is 2.13. The number of nitriles is 1. The Kier molecular flexibility index (Phi) is 5.73. The average molecular weight is 292 g/mol. The Morgan fingerprint density at radius 1 is 1.00 bits per heavy atom. The summed E-state index contributed by atoms with van der Waals surface area (Å²) < 4.78 is 0. The second kappa shape index (κ2) is 7.99. The largest absolute Gasteiger partial charge is 0.326 e. The standard InChI is InChI=1S/C19H20N2O/c1-2-15-3-5-16(6-4-15)9-12-19(22)21-18-10-7-17(8-11-18)13-14-20/h3-8,10-11H,2,9,12-13H2,1H3,(H,21,22). The lowest BCUT2D eigenvalue weighted by Gasteiger charge is -2.06. The maximum atomic E-state index is 12.0. The Labute approximate surface area is 131 Å². The van der Waals surface area contributed by atoms with E-state index in [0.29, 0.717) is 12.8 Å². The molecule has 3 heteroatoms. The van der Waals surface area contributed by atoms with Gasteiger partial charge in [0, 0.05) is 12.1 Å². The fourth-order valence-electron chi connectivity index (χ4n) is 2.22. The number of aryl methyl sites for hydroxylation is 2. The van der Waals surface area contributed by atoms with Crippen molar-refractivity contribution in [1.29, 1.82) is 5.26 Å². The number of rotatable bonds is 6. The molecule has 0 saturated heterocycles. The van der Waals surface area contributed by atoms with Gasteiger partial charge in [0.2, 0.25) is 5.91 Å². The second-order valence-electron chi connectivity index (χ2n) is 5.25. The van der Waals surface area contributed by atoms with Crippen molar-refractivity contribution in [3.05, 3.63) is 65.2 Å². The molecule has 0 bridgehead atoms. The van der Waals surface area contributed by atoms with Crippen molar-refractivity contribution in [3.8, 4) is 6.07 Å². The lowest BCUT2D eigenvalue weighted by Crippen LogP contribution is -2.12. The Morgan fingerprint density at radius 2 is 1.59 bits per heavy atom. The number of anilines is 1. The first-order valence-electron chi connectivity index (χ1n) is 7.55. The average Bonchev–Trinajstić information content (AvgIpc) is 2.55. The van der Waals surface area contributed by atoms with Crippen LogP contribution < -0.4 is 5.32 Å². The number of carbonyl (C=O) groups is 1. The summed E-state index contributed by atoms with van der Waals surface area (Å²) in [6, 6.07) is 17.9.